The lowest BCUT2D eigenvalue weighted by atomic mass is 9.83. The van der Waals surface area contributed by atoms with Gasteiger partial charge in [0.15, 0.2) is 0 Å². The predicted octanol–water partition coefficient (Wildman–Crippen LogP) is 3.66. The Balaban J connectivity index is 2.31. The first-order valence-corrected chi connectivity index (χ1v) is 6.70. The molecule has 0 aliphatic heterocycles. The van der Waals surface area contributed by atoms with E-state index in [1.807, 2.05) is 0 Å². The minimum atomic E-state index is 0.310. The third-order valence-electron chi connectivity index (χ3n) is 2.78. The highest BCUT2D eigenvalue weighted by molar-refractivity contribution is 7.08. The van der Waals surface area contributed by atoms with Crippen molar-refractivity contribution in [2.75, 3.05) is 13.1 Å². The second-order valence-corrected chi connectivity index (χ2v) is 6.02. The lowest BCUT2D eigenvalue weighted by molar-refractivity contribution is 0.443. The van der Waals surface area contributed by atoms with Gasteiger partial charge in [0.25, 0.3) is 0 Å². The normalized spacial score (nSPS) is 12.3. The molecule has 0 fully saturated rings. The Kier molecular flexibility index (Phi) is 4.81. The van der Waals surface area contributed by atoms with Crippen LogP contribution in [0.1, 0.15) is 39.7 Å². The van der Waals surface area contributed by atoms with Crippen LogP contribution < -0.4 is 5.32 Å². The molecule has 1 N–H and O–H groups in total. The highest BCUT2D eigenvalue weighted by Gasteiger charge is 2.19. The van der Waals surface area contributed by atoms with Gasteiger partial charge >= 0.3 is 0 Å². The lowest BCUT2D eigenvalue weighted by Crippen LogP contribution is -2.27. The maximum atomic E-state index is 3.51. The van der Waals surface area contributed by atoms with Crippen molar-refractivity contribution in [1.82, 2.24) is 5.32 Å². The van der Waals surface area contributed by atoms with E-state index >= 15 is 0 Å². The van der Waals surface area contributed by atoms with Crippen LogP contribution in [0.4, 0.5) is 0 Å². The first kappa shape index (κ1) is 12.7. The Labute approximate surface area is 97.9 Å². The molecule has 1 nitrogen and oxygen atoms in total. The summed E-state index contributed by atoms with van der Waals surface area (Å²) in [6, 6.07) is 2.24. The summed E-state index contributed by atoms with van der Waals surface area (Å²) >= 11 is 1.79. The van der Waals surface area contributed by atoms with Crippen molar-refractivity contribution in [3.63, 3.8) is 0 Å². The topological polar surface area (TPSA) is 12.0 Å². The van der Waals surface area contributed by atoms with Crippen molar-refractivity contribution >= 4 is 11.3 Å². The molecule has 1 aromatic heterocycles. The van der Waals surface area contributed by atoms with Gasteiger partial charge in [0, 0.05) is 0 Å². The number of hydrogen-bond donors (Lipinski definition) is 1. The van der Waals surface area contributed by atoms with Crippen LogP contribution in [-0.2, 0) is 5.41 Å². The van der Waals surface area contributed by atoms with Gasteiger partial charge in [-0.05, 0) is 53.2 Å². The molecule has 0 bridgehead atoms. The average molecular weight is 225 g/mol. The van der Waals surface area contributed by atoms with Crippen LogP contribution in [0.2, 0.25) is 0 Å². The fourth-order valence-electron chi connectivity index (χ4n) is 1.59. The second-order valence-electron chi connectivity index (χ2n) is 5.24. The van der Waals surface area contributed by atoms with E-state index < -0.39 is 0 Å². The van der Waals surface area contributed by atoms with Gasteiger partial charge < -0.3 is 5.32 Å². The minimum absolute atomic E-state index is 0.310. The Hall–Kier alpha value is -0.340. The summed E-state index contributed by atoms with van der Waals surface area (Å²) in [5.74, 6) is 0.745. The molecule has 2 heteroatoms. The van der Waals surface area contributed by atoms with Gasteiger partial charge in [-0.1, -0.05) is 27.7 Å². The van der Waals surface area contributed by atoms with Crippen LogP contribution in [0.3, 0.4) is 0 Å². The number of hydrogen-bond acceptors (Lipinski definition) is 2. The summed E-state index contributed by atoms with van der Waals surface area (Å²) in [6.07, 6.45) is 1.20. The molecule has 0 atom stereocenters. The van der Waals surface area contributed by atoms with Gasteiger partial charge in [-0.3, -0.25) is 0 Å². The second kappa shape index (κ2) is 5.66. The molecule has 1 aromatic rings. The molecule has 1 rings (SSSR count). The zero-order chi connectivity index (χ0) is 11.3. The monoisotopic (exact) mass is 225 g/mol. The van der Waals surface area contributed by atoms with E-state index in [9.17, 15) is 0 Å². The largest absolute Gasteiger partial charge is 0.316 e. The van der Waals surface area contributed by atoms with E-state index in [1.54, 1.807) is 11.3 Å². The van der Waals surface area contributed by atoms with Crippen LogP contribution in [-0.4, -0.2) is 13.1 Å². The van der Waals surface area contributed by atoms with Crippen LogP contribution >= 0.6 is 11.3 Å². The van der Waals surface area contributed by atoms with E-state index in [0.717, 1.165) is 19.0 Å². The van der Waals surface area contributed by atoms with Crippen LogP contribution in [0, 0.1) is 5.92 Å². The highest BCUT2D eigenvalue weighted by atomic mass is 32.1. The molecule has 0 aliphatic carbocycles. The predicted molar refractivity (Wildman–Crippen MR) is 69.7 cm³/mol. The van der Waals surface area contributed by atoms with E-state index in [1.165, 1.54) is 12.0 Å². The zero-order valence-corrected chi connectivity index (χ0v) is 11.2. The maximum absolute atomic E-state index is 3.51. The Morgan fingerprint density at radius 1 is 1.40 bits per heavy atom. The number of thiophene rings is 1. The molecular formula is C13H23NS. The maximum Gasteiger partial charge on any atom is -0.00258 e. The molecular weight excluding hydrogens is 202 g/mol. The van der Waals surface area contributed by atoms with Gasteiger partial charge in [0.05, 0.1) is 0 Å². The van der Waals surface area contributed by atoms with Crippen LogP contribution in [0.25, 0.3) is 0 Å². The molecule has 0 radical (unpaired) electrons. The van der Waals surface area contributed by atoms with Gasteiger partial charge in [0.2, 0.25) is 0 Å². The first-order valence-electron chi connectivity index (χ1n) is 5.76. The van der Waals surface area contributed by atoms with E-state index in [2.05, 4.69) is 49.8 Å². The Bertz CT molecular complexity index is 262. The molecule has 1 heterocycles. The highest BCUT2D eigenvalue weighted by Crippen LogP contribution is 2.28. The van der Waals surface area contributed by atoms with Crippen LogP contribution in [0.5, 0.6) is 0 Å². The van der Waals surface area contributed by atoms with Gasteiger partial charge in [-0.2, -0.15) is 11.3 Å². The van der Waals surface area contributed by atoms with Crippen molar-refractivity contribution in [3.8, 4) is 0 Å². The minimum Gasteiger partial charge on any atom is -0.316 e. The standard InChI is InChI=1S/C13H23NS/c1-11(2)9-14-7-6-13(3,4)12-5-8-15-10-12/h5,8,10-11,14H,6-7,9H2,1-4H3. The Morgan fingerprint density at radius 3 is 2.67 bits per heavy atom. The fourth-order valence-corrected chi connectivity index (χ4v) is 2.43. The van der Waals surface area contributed by atoms with Crippen molar-refractivity contribution in [3.05, 3.63) is 22.4 Å². The molecule has 0 spiro atoms. The molecule has 0 saturated carbocycles. The van der Waals surface area contributed by atoms with Gasteiger partial charge in [-0.15, -0.1) is 0 Å². The summed E-state index contributed by atoms with van der Waals surface area (Å²) in [4.78, 5) is 0. The van der Waals surface area contributed by atoms with Crippen LogP contribution in [0.15, 0.2) is 16.8 Å². The molecule has 0 aliphatic rings. The lowest BCUT2D eigenvalue weighted by Gasteiger charge is -2.24. The van der Waals surface area contributed by atoms with E-state index in [0.29, 0.717) is 5.41 Å². The van der Waals surface area contributed by atoms with Gasteiger partial charge in [-0.25, -0.2) is 0 Å². The zero-order valence-electron chi connectivity index (χ0n) is 10.3. The molecule has 0 amide bonds. The number of rotatable bonds is 6. The van der Waals surface area contributed by atoms with E-state index in [4.69, 9.17) is 0 Å². The molecule has 0 unspecified atom stereocenters. The average Bonchev–Trinajstić information content (AvgIpc) is 2.65. The summed E-state index contributed by atoms with van der Waals surface area (Å²) < 4.78 is 0. The van der Waals surface area contributed by atoms with Crippen molar-refractivity contribution < 1.29 is 0 Å². The summed E-state index contributed by atoms with van der Waals surface area (Å²) in [5, 5.41) is 7.94. The van der Waals surface area contributed by atoms with Crippen molar-refractivity contribution in [2.45, 2.75) is 39.5 Å². The smallest absolute Gasteiger partial charge is 0.00258 e. The van der Waals surface area contributed by atoms with E-state index in [-0.39, 0.29) is 0 Å². The Morgan fingerprint density at radius 2 is 2.13 bits per heavy atom. The van der Waals surface area contributed by atoms with Crippen molar-refractivity contribution in [2.24, 2.45) is 5.92 Å². The quantitative estimate of drug-likeness (QED) is 0.729. The fraction of sp³-hybridized carbons (Fsp3) is 0.692. The van der Waals surface area contributed by atoms with Gasteiger partial charge in [0.1, 0.15) is 0 Å². The first-order chi connectivity index (χ1) is 7.02. The molecule has 15 heavy (non-hydrogen) atoms. The summed E-state index contributed by atoms with van der Waals surface area (Å²) in [5.41, 5.74) is 1.78. The molecule has 0 aromatic carbocycles. The third-order valence-corrected chi connectivity index (χ3v) is 3.47. The van der Waals surface area contributed by atoms with Crippen molar-refractivity contribution in [1.29, 1.82) is 0 Å². The third kappa shape index (κ3) is 4.35. The summed E-state index contributed by atoms with van der Waals surface area (Å²) in [6.45, 7) is 11.4. The summed E-state index contributed by atoms with van der Waals surface area (Å²) in [7, 11) is 0. The molecule has 86 valence electrons. The number of nitrogens with one attached hydrogen (secondary N) is 1. The SMILES string of the molecule is CC(C)CNCCC(C)(C)c1ccsc1. The molecule has 0 saturated heterocycles.